The van der Waals surface area contributed by atoms with Crippen molar-refractivity contribution in [3.8, 4) is 0 Å². The Morgan fingerprint density at radius 2 is 2.28 bits per heavy atom. The third-order valence-corrected chi connectivity index (χ3v) is 3.42. The smallest absolute Gasteiger partial charge is 0.228 e. The summed E-state index contributed by atoms with van der Waals surface area (Å²) >= 11 is 0. The molecule has 0 radical (unpaired) electrons. The van der Waals surface area contributed by atoms with Crippen LogP contribution in [0.15, 0.2) is 28.8 Å². The Labute approximate surface area is 106 Å². The van der Waals surface area contributed by atoms with E-state index in [0.29, 0.717) is 12.3 Å². The maximum absolute atomic E-state index is 5.74. The van der Waals surface area contributed by atoms with Gasteiger partial charge in [0.15, 0.2) is 5.82 Å². The molecule has 4 heteroatoms. The van der Waals surface area contributed by atoms with Gasteiger partial charge in [0.25, 0.3) is 0 Å². The molecule has 1 heterocycles. The molecule has 3 rings (SSSR count). The summed E-state index contributed by atoms with van der Waals surface area (Å²) in [7, 11) is 0. The van der Waals surface area contributed by atoms with Gasteiger partial charge in [0.05, 0.1) is 0 Å². The minimum absolute atomic E-state index is 0.0502. The van der Waals surface area contributed by atoms with Crippen LogP contribution in [0.1, 0.15) is 42.1 Å². The van der Waals surface area contributed by atoms with Crippen LogP contribution in [0.4, 0.5) is 0 Å². The molecule has 18 heavy (non-hydrogen) atoms. The summed E-state index contributed by atoms with van der Waals surface area (Å²) in [5.74, 6) is 1.73. The van der Waals surface area contributed by atoms with Crippen LogP contribution in [0.5, 0.6) is 0 Å². The monoisotopic (exact) mass is 243 g/mol. The number of rotatable bonds is 3. The number of aryl methyl sites for hydroxylation is 1. The van der Waals surface area contributed by atoms with E-state index < -0.39 is 0 Å². The average Bonchev–Trinajstić information content (AvgIpc) is 2.94. The zero-order valence-electron chi connectivity index (χ0n) is 10.5. The molecule has 0 spiro atoms. The average molecular weight is 243 g/mol. The zero-order valence-corrected chi connectivity index (χ0v) is 10.5. The van der Waals surface area contributed by atoms with E-state index in [0.717, 1.165) is 18.7 Å². The van der Waals surface area contributed by atoms with Crippen molar-refractivity contribution in [2.75, 3.05) is 0 Å². The van der Waals surface area contributed by atoms with E-state index in [-0.39, 0.29) is 12.0 Å². The summed E-state index contributed by atoms with van der Waals surface area (Å²) in [4.78, 5) is 4.47. The first-order valence-corrected chi connectivity index (χ1v) is 6.40. The highest BCUT2D eigenvalue weighted by Gasteiger charge is 2.27. The number of hydrogen-bond donors (Lipinski definition) is 1. The van der Waals surface area contributed by atoms with Crippen molar-refractivity contribution < 1.29 is 4.52 Å². The maximum atomic E-state index is 5.74. The van der Waals surface area contributed by atoms with Crippen molar-refractivity contribution in [1.29, 1.82) is 0 Å². The van der Waals surface area contributed by atoms with Gasteiger partial charge in [-0.15, -0.1) is 0 Å². The zero-order chi connectivity index (χ0) is 12.5. The largest absolute Gasteiger partial charge is 0.339 e. The summed E-state index contributed by atoms with van der Waals surface area (Å²) in [6, 6.07) is 8.54. The van der Waals surface area contributed by atoms with E-state index >= 15 is 0 Å². The molecule has 2 N–H and O–H groups in total. The third-order valence-electron chi connectivity index (χ3n) is 3.42. The Hall–Kier alpha value is -1.68. The standard InChI is InChI=1S/C14H17N3O/c1-9(15)8-13-16-14(17-18-13)12-7-6-10-4-2-3-5-11(10)12/h2-5,9,12H,6-8,15H2,1H3. The van der Waals surface area contributed by atoms with Crippen LogP contribution in [0.25, 0.3) is 0 Å². The first kappa shape index (κ1) is 11.4. The Morgan fingerprint density at radius 3 is 3.11 bits per heavy atom. The lowest BCUT2D eigenvalue weighted by Gasteiger charge is -2.05. The Bertz CT molecular complexity index is 547. The van der Waals surface area contributed by atoms with Gasteiger partial charge in [0, 0.05) is 18.4 Å². The number of nitrogens with two attached hydrogens (primary N) is 1. The van der Waals surface area contributed by atoms with Crippen molar-refractivity contribution in [3.63, 3.8) is 0 Å². The molecular formula is C14H17N3O. The highest BCUT2D eigenvalue weighted by Crippen LogP contribution is 2.36. The van der Waals surface area contributed by atoms with Gasteiger partial charge in [-0.1, -0.05) is 29.4 Å². The minimum atomic E-state index is 0.0502. The summed E-state index contributed by atoms with van der Waals surface area (Å²) < 4.78 is 5.26. The van der Waals surface area contributed by atoms with E-state index in [1.165, 1.54) is 11.1 Å². The topological polar surface area (TPSA) is 64.9 Å². The number of aromatic nitrogens is 2. The van der Waals surface area contributed by atoms with Crippen molar-refractivity contribution in [2.45, 2.75) is 38.1 Å². The van der Waals surface area contributed by atoms with Gasteiger partial charge in [-0.2, -0.15) is 4.98 Å². The van der Waals surface area contributed by atoms with Crippen LogP contribution < -0.4 is 5.73 Å². The predicted molar refractivity (Wildman–Crippen MR) is 68.3 cm³/mol. The Kier molecular flexibility index (Phi) is 2.88. The summed E-state index contributed by atoms with van der Waals surface area (Å²) in [6.07, 6.45) is 2.80. The van der Waals surface area contributed by atoms with E-state index in [4.69, 9.17) is 10.3 Å². The number of benzene rings is 1. The van der Waals surface area contributed by atoms with E-state index in [1.54, 1.807) is 0 Å². The molecule has 0 fully saturated rings. The van der Waals surface area contributed by atoms with Gasteiger partial charge < -0.3 is 10.3 Å². The normalized spacial score (nSPS) is 19.8. The first-order valence-electron chi connectivity index (χ1n) is 6.40. The van der Waals surface area contributed by atoms with Crippen molar-refractivity contribution in [3.05, 3.63) is 47.1 Å². The Morgan fingerprint density at radius 1 is 1.44 bits per heavy atom. The fourth-order valence-corrected chi connectivity index (χ4v) is 2.59. The van der Waals surface area contributed by atoms with Crippen LogP contribution in [0.3, 0.4) is 0 Å². The van der Waals surface area contributed by atoms with Crippen LogP contribution in [-0.2, 0) is 12.8 Å². The lowest BCUT2D eigenvalue weighted by atomic mass is 10.0. The first-order chi connectivity index (χ1) is 8.74. The van der Waals surface area contributed by atoms with Gasteiger partial charge in [-0.3, -0.25) is 0 Å². The predicted octanol–water partition coefficient (Wildman–Crippen LogP) is 2.04. The molecule has 1 aliphatic carbocycles. The molecule has 1 aliphatic rings. The van der Waals surface area contributed by atoms with Crippen LogP contribution in [0, 0.1) is 0 Å². The van der Waals surface area contributed by atoms with Crippen LogP contribution >= 0.6 is 0 Å². The minimum Gasteiger partial charge on any atom is -0.339 e. The molecule has 1 aromatic carbocycles. The quantitative estimate of drug-likeness (QED) is 0.896. The highest BCUT2D eigenvalue weighted by molar-refractivity contribution is 5.38. The summed E-state index contributed by atoms with van der Waals surface area (Å²) in [5, 5.41) is 4.11. The molecule has 0 bridgehead atoms. The lowest BCUT2D eigenvalue weighted by Crippen LogP contribution is -2.17. The van der Waals surface area contributed by atoms with E-state index in [9.17, 15) is 0 Å². The SMILES string of the molecule is CC(N)Cc1nc(C2CCc3ccccc32)no1. The second-order valence-electron chi connectivity index (χ2n) is 5.02. The molecule has 94 valence electrons. The molecule has 0 aliphatic heterocycles. The van der Waals surface area contributed by atoms with Crippen LogP contribution in [-0.4, -0.2) is 16.2 Å². The Balaban J connectivity index is 1.86. The van der Waals surface area contributed by atoms with E-state index in [1.807, 2.05) is 6.92 Å². The second-order valence-corrected chi connectivity index (χ2v) is 5.02. The van der Waals surface area contributed by atoms with E-state index in [2.05, 4.69) is 34.4 Å². The molecule has 2 aromatic rings. The van der Waals surface area contributed by atoms with Gasteiger partial charge in [-0.05, 0) is 30.9 Å². The number of nitrogens with zero attached hydrogens (tertiary/aromatic N) is 2. The van der Waals surface area contributed by atoms with Gasteiger partial charge in [0.2, 0.25) is 5.89 Å². The summed E-state index contributed by atoms with van der Waals surface area (Å²) in [6.45, 7) is 1.94. The molecule has 0 amide bonds. The fraction of sp³-hybridized carbons (Fsp3) is 0.429. The molecule has 4 nitrogen and oxygen atoms in total. The van der Waals surface area contributed by atoms with Crippen molar-refractivity contribution in [2.24, 2.45) is 5.73 Å². The molecule has 0 saturated carbocycles. The fourth-order valence-electron chi connectivity index (χ4n) is 2.59. The van der Waals surface area contributed by atoms with Gasteiger partial charge >= 0.3 is 0 Å². The van der Waals surface area contributed by atoms with Crippen LogP contribution in [0.2, 0.25) is 0 Å². The van der Waals surface area contributed by atoms with Gasteiger partial charge in [-0.25, -0.2) is 0 Å². The maximum Gasteiger partial charge on any atom is 0.228 e. The molecule has 1 aromatic heterocycles. The lowest BCUT2D eigenvalue weighted by molar-refractivity contribution is 0.365. The third kappa shape index (κ3) is 2.04. The molecule has 2 atom stereocenters. The van der Waals surface area contributed by atoms with Crippen molar-refractivity contribution >= 4 is 0 Å². The number of fused-ring (bicyclic) bond motifs is 1. The summed E-state index contributed by atoms with van der Waals surface area (Å²) in [5.41, 5.74) is 8.48. The van der Waals surface area contributed by atoms with Gasteiger partial charge in [0.1, 0.15) is 0 Å². The van der Waals surface area contributed by atoms with Crippen molar-refractivity contribution in [1.82, 2.24) is 10.1 Å². The highest BCUT2D eigenvalue weighted by atomic mass is 16.5. The molecular weight excluding hydrogens is 226 g/mol. The number of hydrogen-bond acceptors (Lipinski definition) is 4. The molecule has 2 unspecified atom stereocenters. The second kappa shape index (κ2) is 4.53. The molecule has 0 saturated heterocycles.